The molecule has 0 aliphatic carbocycles. The zero-order valence-electron chi connectivity index (χ0n) is 12.0. The predicted molar refractivity (Wildman–Crippen MR) is 80.8 cm³/mol. The van der Waals surface area contributed by atoms with Crippen molar-refractivity contribution < 1.29 is 9.59 Å². The first-order valence-electron chi connectivity index (χ1n) is 7.41. The monoisotopic (exact) mass is 274 g/mol. The maximum absolute atomic E-state index is 11.9. The zero-order valence-corrected chi connectivity index (χ0v) is 12.0. The molecule has 0 saturated carbocycles. The number of piperidine rings is 1. The first-order chi connectivity index (χ1) is 9.70. The van der Waals surface area contributed by atoms with Gasteiger partial charge in [0.1, 0.15) is 0 Å². The molecule has 1 aromatic rings. The van der Waals surface area contributed by atoms with Gasteiger partial charge in [0.25, 0.3) is 0 Å². The maximum Gasteiger partial charge on any atom is 0.226 e. The number of nitrogens with one attached hydrogen (secondary N) is 1. The number of unbranched alkanes of at least 4 members (excludes halogenated alkanes) is 1. The second-order valence-corrected chi connectivity index (χ2v) is 5.20. The summed E-state index contributed by atoms with van der Waals surface area (Å²) in [4.78, 5) is 25.5. The molecule has 0 spiro atoms. The Morgan fingerprint density at radius 1 is 1.35 bits per heavy atom. The third-order valence-corrected chi connectivity index (χ3v) is 3.52. The topological polar surface area (TPSA) is 49.4 Å². The van der Waals surface area contributed by atoms with Crippen molar-refractivity contribution in [1.82, 2.24) is 0 Å². The van der Waals surface area contributed by atoms with Gasteiger partial charge in [-0.15, -0.1) is 0 Å². The predicted octanol–water partition coefficient (Wildman–Crippen LogP) is 3.33. The lowest BCUT2D eigenvalue weighted by atomic mass is 10.1. The summed E-state index contributed by atoms with van der Waals surface area (Å²) in [6.45, 7) is 2.84. The summed E-state index contributed by atoms with van der Waals surface area (Å²) in [6, 6.07) is 7.55. The largest absolute Gasteiger partial charge is 0.326 e. The van der Waals surface area contributed by atoms with E-state index < -0.39 is 0 Å². The summed E-state index contributed by atoms with van der Waals surface area (Å²) in [5.74, 6) is 0.208. The molecule has 108 valence electrons. The molecule has 1 fully saturated rings. The van der Waals surface area contributed by atoms with Gasteiger partial charge in [0.2, 0.25) is 11.8 Å². The van der Waals surface area contributed by atoms with Crippen molar-refractivity contribution in [3.8, 4) is 0 Å². The van der Waals surface area contributed by atoms with Gasteiger partial charge in [-0.2, -0.15) is 0 Å². The fraction of sp³-hybridized carbons (Fsp3) is 0.500. The molecular formula is C16H22N2O2. The summed E-state index contributed by atoms with van der Waals surface area (Å²) < 4.78 is 0. The number of nitrogens with zero attached hydrogens (tertiary/aromatic N) is 1. The highest BCUT2D eigenvalue weighted by atomic mass is 16.2. The number of carbonyl (C=O) groups is 2. The van der Waals surface area contributed by atoms with Crippen molar-refractivity contribution in [2.24, 2.45) is 0 Å². The number of hydrogen-bond donors (Lipinski definition) is 1. The van der Waals surface area contributed by atoms with E-state index in [-0.39, 0.29) is 11.8 Å². The Labute approximate surface area is 120 Å². The quantitative estimate of drug-likeness (QED) is 0.895. The van der Waals surface area contributed by atoms with Crippen LogP contribution in [-0.2, 0) is 9.59 Å². The van der Waals surface area contributed by atoms with Gasteiger partial charge in [0.05, 0.1) is 0 Å². The molecule has 2 rings (SSSR count). The Balaban J connectivity index is 2.03. The number of anilines is 2. The average molecular weight is 274 g/mol. The minimum absolute atomic E-state index is 0.0361. The fourth-order valence-electron chi connectivity index (χ4n) is 2.39. The van der Waals surface area contributed by atoms with Gasteiger partial charge in [-0.1, -0.05) is 19.4 Å². The van der Waals surface area contributed by atoms with E-state index in [0.717, 1.165) is 43.6 Å². The molecule has 2 amide bonds. The van der Waals surface area contributed by atoms with Crippen LogP contribution in [0, 0.1) is 0 Å². The van der Waals surface area contributed by atoms with Gasteiger partial charge in [-0.3, -0.25) is 9.59 Å². The van der Waals surface area contributed by atoms with E-state index in [1.165, 1.54) is 0 Å². The molecule has 1 aliphatic heterocycles. The van der Waals surface area contributed by atoms with Crippen LogP contribution in [0.15, 0.2) is 24.3 Å². The number of benzene rings is 1. The van der Waals surface area contributed by atoms with Crippen molar-refractivity contribution >= 4 is 23.2 Å². The second kappa shape index (κ2) is 7.08. The summed E-state index contributed by atoms with van der Waals surface area (Å²) in [7, 11) is 0. The smallest absolute Gasteiger partial charge is 0.226 e. The minimum atomic E-state index is 0.0361. The van der Waals surface area contributed by atoms with Crippen molar-refractivity contribution in [3.63, 3.8) is 0 Å². The highest BCUT2D eigenvalue weighted by Crippen LogP contribution is 2.23. The Kier molecular flexibility index (Phi) is 5.16. The standard InChI is InChI=1S/C16H22N2O2/c1-2-3-9-15(19)17-13-7-6-8-14(12-13)18-11-5-4-10-16(18)20/h6-8,12H,2-5,9-11H2,1H3,(H,17,19). The Morgan fingerprint density at radius 2 is 2.20 bits per heavy atom. The minimum Gasteiger partial charge on any atom is -0.326 e. The van der Waals surface area contributed by atoms with Crippen LogP contribution in [0.4, 0.5) is 11.4 Å². The molecule has 4 nitrogen and oxygen atoms in total. The molecule has 0 aromatic heterocycles. The number of hydrogen-bond acceptors (Lipinski definition) is 2. The molecule has 1 saturated heterocycles. The van der Waals surface area contributed by atoms with Crippen LogP contribution in [0.5, 0.6) is 0 Å². The van der Waals surface area contributed by atoms with Gasteiger partial charge in [0, 0.05) is 30.8 Å². The average Bonchev–Trinajstić information content (AvgIpc) is 2.46. The summed E-state index contributed by atoms with van der Waals surface area (Å²) in [6.07, 6.45) is 5.09. The molecule has 1 aromatic carbocycles. The zero-order chi connectivity index (χ0) is 14.4. The van der Waals surface area contributed by atoms with Gasteiger partial charge in [0.15, 0.2) is 0 Å². The van der Waals surface area contributed by atoms with E-state index in [1.807, 2.05) is 29.2 Å². The maximum atomic E-state index is 11.9. The van der Waals surface area contributed by atoms with E-state index >= 15 is 0 Å². The highest BCUT2D eigenvalue weighted by molar-refractivity contribution is 5.96. The molecule has 0 bridgehead atoms. The molecule has 0 atom stereocenters. The first kappa shape index (κ1) is 14.6. The van der Waals surface area contributed by atoms with E-state index in [2.05, 4.69) is 12.2 Å². The summed E-state index contributed by atoms with van der Waals surface area (Å²) >= 11 is 0. The lowest BCUT2D eigenvalue weighted by Gasteiger charge is -2.27. The van der Waals surface area contributed by atoms with Crippen LogP contribution < -0.4 is 10.2 Å². The SMILES string of the molecule is CCCCC(=O)Nc1cccc(N2CCCCC2=O)c1. The highest BCUT2D eigenvalue weighted by Gasteiger charge is 2.19. The molecule has 0 radical (unpaired) electrons. The van der Waals surface area contributed by atoms with E-state index in [1.54, 1.807) is 0 Å². The van der Waals surface area contributed by atoms with Crippen LogP contribution in [0.1, 0.15) is 45.4 Å². The van der Waals surface area contributed by atoms with Crippen molar-refractivity contribution in [2.75, 3.05) is 16.8 Å². The normalized spacial score (nSPS) is 15.2. The third-order valence-electron chi connectivity index (χ3n) is 3.52. The fourth-order valence-corrected chi connectivity index (χ4v) is 2.39. The van der Waals surface area contributed by atoms with Crippen LogP contribution in [-0.4, -0.2) is 18.4 Å². The number of rotatable bonds is 5. The summed E-state index contributed by atoms with van der Waals surface area (Å²) in [5.41, 5.74) is 1.64. The molecule has 20 heavy (non-hydrogen) atoms. The van der Waals surface area contributed by atoms with Crippen LogP contribution in [0.2, 0.25) is 0 Å². The van der Waals surface area contributed by atoms with Crippen LogP contribution in [0.25, 0.3) is 0 Å². The Bertz CT molecular complexity index is 485. The molecule has 1 N–H and O–H groups in total. The Hall–Kier alpha value is -1.84. The lowest BCUT2D eigenvalue weighted by molar-refractivity contribution is -0.119. The molecule has 1 heterocycles. The molecule has 4 heteroatoms. The van der Waals surface area contributed by atoms with Gasteiger partial charge >= 0.3 is 0 Å². The molecule has 0 unspecified atom stereocenters. The lowest BCUT2D eigenvalue weighted by Crippen LogP contribution is -2.35. The first-order valence-corrected chi connectivity index (χ1v) is 7.41. The van der Waals surface area contributed by atoms with Crippen molar-refractivity contribution in [3.05, 3.63) is 24.3 Å². The van der Waals surface area contributed by atoms with Crippen LogP contribution in [0.3, 0.4) is 0 Å². The molecular weight excluding hydrogens is 252 g/mol. The van der Waals surface area contributed by atoms with Crippen molar-refractivity contribution in [2.45, 2.75) is 45.4 Å². The van der Waals surface area contributed by atoms with E-state index in [9.17, 15) is 9.59 Å². The van der Waals surface area contributed by atoms with E-state index in [4.69, 9.17) is 0 Å². The van der Waals surface area contributed by atoms with Gasteiger partial charge < -0.3 is 10.2 Å². The molecule has 1 aliphatic rings. The number of amides is 2. The third kappa shape index (κ3) is 3.83. The van der Waals surface area contributed by atoms with Crippen LogP contribution >= 0.6 is 0 Å². The van der Waals surface area contributed by atoms with Gasteiger partial charge in [-0.05, 0) is 37.5 Å². The van der Waals surface area contributed by atoms with Crippen molar-refractivity contribution in [1.29, 1.82) is 0 Å². The van der Waals surface area contributed by atoms with Gasteiger partial charge in [-0.25, -0.2) is 0 Å². The number of carbonyl (C=O) groups excluding carboxylic acids is 2. The second-order valence-electron chi connectivity index (χ2n) is 5.20. The summed E-state index contributed by atoms with van der Waals surface area (Å²) in [5, 5.41) is 2.89. The van der Waals surface area contributed by atoms with E-state index in [0.29, 0.717) is 12.8 Å². The Morgan fingerprint density at radius 3 is 2.95 bits per heavy atom.